The van der Waals surface area contributed by atoms with Gasteiger partial charge in [0.15, 0.2) is 17.3 Å². The van der Waals surface area contributed by atoms with E-state index in [0.717, 1.165) is 0 Å². The van der Waals surface area contributed by atoms with Gasteiger partial charge in [-0.15, -0.1) is 0 Å². The van der Waals surface area contributed by atoms with E-state index in [9.17, 15) is 29.6 Å². The predicted octanol–water partition coefficient (Wildman–Crippen LogP) is 7.25. The van der Waals surface area contributed by atoms with Crippen molar-refractivity contribution in [2.45, 2.75) is 65.9 Å². The first-order valence-corrected chi connectivity index (χ1v) is 14.7. The number of carboxylic acid groups (broad SMARTS) is 1. The number of aliphatic carboxylic acids is 1. The number of halogens is 2. The van der Waals surface area contributed by atoms with Gasteiger partial charge in [0, 0.05) is 53.4 Å². The zero-order chi connectivity index (χ0) is 31.4. The summed E-state index contributed by atoms with van der Waals surface area (Å²) in [6.07, 6.45) is 1.45. The molecular weight excluding hydrogens is 595 g/mol. The molecule has 1 aliphatic heterocycles. The molecule has 0 atom stereocenters. The highest BCUT2D eigenvalue weighted by molar-refractivity contribution is 6.37. The Morgan fingerprint density at radius 2 is 1.44 bits per heavy atom. The highest BCUT2D eigenvalue weighted by Crippen LogP contribution is 2.55. The Bertz CT molecular complexity index is 1550. The quantitative estimate of drug-likeness (QED) is 0.251. The van der Waals surface area contributed by atoms with Crippen LogP contribution in [0.3, 0.4) is 0 Å². The Balaban J connectivity index is 1.60. The molecule has 2 aliphatic carbocycles. The molecule has 0 aromatic heterocycles. The van der Waals surface area contributed by atoms with Crippen LogP contribution in [0.5, 0.6) is 5.75 Å². The highest BCUT2D eigenvalue weighted by atomic mass is 35.5. The normalized spacial score (nSPS) is 19.7. The van der Waals surface area contributed by atoms with Crippen molar-refractivity contribution in [1.29, 1.82) is 0 Å². The molecular formula is C32H32Cl2N2O7. The summed E-state index contributed by atoms with van der Waals surface area (Å²) in [6.45, 7) is 7.62. The van der Waals surface area contributed by atoms with E-state index in [0.29, 0.717) is 46.5 Å². The lowest BCUT2D eigenvalue weighted by atomic mass is 9.63. The lowest BCUT2D eigenvalue weighted by Crippen LogP contribution is -2.45. The SMILES string of the molecule is CC1(C)CC(=O)C2=C(C1)N(CC(=O)O)C1=C(C(=O)CC(C)(C)C1)C2c1cc(Cl)c(OCc2ccc([N+](=O)[O-])cc2)c(Cl)c1. The molecule has 0 saturated heterocycles. The molecule has 0 fully saturated rings. The monoisotopic (exact) mass is 626 g/mol. The van der Waals surface area contributed by atoms with Gasteiger partial charge in [-0.3, -0.25) is 24.5 Å². The predicted molar refractivity (Wildman–Crippen MR) is 161 cm³/mol. The first-order valence-electron chi connectivity index (χ1n) is 13.9. The topological polar surface area (TPSA) is 127 Å². The zero-order valence-electron chi connectivity index (χ0n) is 24.3. The maximum Gasteiger partial charge on any atom is 0.323 e. The summed E-state index contributed by atoms with van der Waals surface area (Å²) >= 11 is 13.4. The zero-order valence-corrected chi connectivity index (χ0v) is 25.8. The fourth-order valence-electron chi connectivity index (χ4n) is 6.46. The van der Waals surface area contributed by atoms with Gasteiger partial charge >= 0.3 is 5.97 Å². The molecule has 2 aromatic rings. The third kappa shape index (κ3) is 6.06. The fourth-order valence-corrected chi connectivity index (χ4v) is 7.07. The van der Waals surface area contributed by atoms with Crippen molar-refractivity contribution < 1.29 is 29.2 Å². The number of nitro groups is 1. The van der Waals surface area contributed by atoms with E-state index in [1.54, 1.807) is 29.2 Å². The number of Topliss-reactive ketones (excluding diaryl/α,β-unsaturated/α-hetero) is 2. The van der Waals surface area contributed by atoms with Gasteiger partial charge in [0.25, 0.3) is 5.69 Å². The minimum atomic E-state index is -1.05. The highest BCUT2D eigenvalue weighted by Gasteiger charge is 2.49. The van der Waals surface area contributed by atoms with Gasteiger partial charge in [0.05, 0.1) is 15.0 Å². The molecule has 0 spiro atoms. The van der Waals surface area contributed by atoms with E-state index in [2.05, 4.69) is 0 Å². The van der Waals surface area contributed by atoms with Crippen LogP contribution in [-0.2, 0) is 21.0 Å². The third-order valence-electron chi connectivity index (χ3n) is 8.20. The van der Waals surface area contributed by atoms with Crippen molar-refractivity contribution in [2.75, 3.05) is 6.54 Å². The molecule has 0 radical (unpaired) electrons. The van der Waals surface area contributed by atoms with E-state index < -0.39 is 27.6 Å². The summed E-state index contributed by atoms with van der Waals surface area (Å²) in [5.74, 6) is -1.88. The molecule has 226 valence electrons. The minimum absolute atomic E-state index is 0.0396. The van der Waals surface area contributed by atoms with Gasteiger partial charge in [0.1, 0.15) is 13.2 Å². The van der Waals surface area contributed by atoms with Crippen LogP contribution in [0.1, 0.15) is 70.4 Å². The maximum atomic E-state index is 13.8. The number of carboxylic acids is 1. The van der Waals surface area contributed by atoms with Crippen molar-refractivity contribution >= 4 is 46.4 Å². The van der Waals surface area contributed by atoms with E-state index in [1.807, 2.05) is 27.7 Å². The third-order valence-corrected chi connectivity index (χ3v) is 8.76. The summed E-state index contributed by atoms with van der Waals surface area (Å²) in [7, 11) is 0. The number of carbonyl (C=O) groups excluding carboxylic acids is 2. The summed E-state index contributed by atoms with van der Waals surface area (Å²) in [5, 5.41) is 21.2. The Labute approximate surface area is 259 Å². The minimum Gasteiger partial charge on any atom is -0.486 e. The number of nitro benzene ring substituents is 1. The molecule has 0 amide bonds. The first-order chi connectivity index (χ1) is 20.1. The largest absolute Gasteiger partial charge is 0.486 e. The number of non-ortho nitro benzene ring substituents is 1. The number of nitrogens with zero attached hydrogens (tertiary/aromatic N) is 2. The smallest absolute Gasteiger partial charge is 0.323 e. The van der Waals surface area contributed by atoms with Crippen molar-refractivity contribution in [3.63, 3.8) is 0 Å². The molecule has 43 heavy (non-hydrogen) atoms. The molecule has 0 bridgehead atoms. The maximum absolute atomic E-state index is 13.8. The second kappa shape index (κ2) is 11.1. The second-order valence-corrected chi connectivity index (χ2v) is 13.9. The molecule has 5 rings (SSSR count). The summed E-state index contributed by atoms with van der Waals surface area (Å²) in [4.78, 5) is 51.9. The van der Waals surface area contributed by atoms with Crippen LogP contribution in [0.4, 0.5) is 5.69 Å². The van der Waals surface area contributed by atoms with Crippen molar-refractivity contribution in [3.05, 3.63) is 90.2 Å². The Hall–Kier alpha value is -3.69. The summed E-state index contributed by atoms with van der Waals surface area (Å²) in [6, 6.07) is 9.20. The van der Waals surface area contributed by atoms with E-state index in [1.165, 1.54) is 12.1 Å². The van der Waals surface area contributed by atoms with Crippen molar-refractivity contribution in [1.82, 2.24) is 4.90 Å². The number of hydrogen-bond acceptors (Lipinski definition) is 7. The number of ether oxygens (including phenoxy) is 1. The van der Waals surface area contributed by atoms with Crippen LogP contribution in [-0.4, -0.2) is 39.0 Å². The van der Waals surface area contributed by atoms with Crippen LogP contribution in [0.2, 0.25) is 10.0 Å². The van der Waals surface area contributed by atoms with Crippen LogP contribution < -0.4 is 4.74 Å². The first kappa shape index (κ1) is 30.8. The van der Waals surface area contributed by atoms with Crippen LogP contribution in [0.25, 0.3) is 0 Å². The molecule has 0 unspecified atom stereocenters. The lowest BCUT2D eigenvalue weighted by molar-refractivity contribution is -0.384. The van der Waals surface area contributed by atoms with E-state index in [4.69, 9.17) is 27.9 Å². The van der Waals surface area contributed by atoms with Crippen molar-refractivity contribution in [2.24, 2.45) is 10.8 Å². The Kier molecular flexibility index (Phi) is 7.94. The lowest BCUT2D eigenvalue weighted by Gasteiger charge is -2.48. The second-order valence-electron chi connectivity index (χ2n) is 13.0. The van der Waals surface area contributed by atoms with Crippen molar-refractivity contribution in [3.8, 4) is 5.75 Å². The standard InChI is InChI=1S/C32H32Cl2N2O7/c1-31(2)11-22-28(24(37)13-31)27(29-23(35(22)15-26(39)40)12-32(3,4)14-25(29)38)18-9-20(33)30(21(34)10-18)43-16-17-5-7-19(8-6-17)36(41)42/h5-10,27H,11-16H2,1-4H3,(H,39,40). The molecule has 9 nitrogen and oxygen atoms in total. The average molecular weight is 628 g/mol. The van der Waals surface area contributed by atoms with Gasteiger partial charge in [0.2, 0.25) is 0 Å². The van der Waals surface area contributed by atoms with Gasteiger partial charge < -0.3 is 14.7 Å². The van der Waals surface area contributed by atoms with E-state index in [-0.39, 0.29) is 59.0 Å². The Morgan fingerprint density at radius 3 is 1.88 bits per heavy atom. The molecule has 11 heteroatoms. The van der Waals surface area contributed by atoms with Gasteiger partial charge in [-0.1, -0.05) is 50.9 Å². The van der Waals surface area contributed by atoms with Gasteiger partial charge in [-0.2, -0.15) is 0 Å². The van der Waals surface area contributed by atoms with Gasteiger partial charge in [-0.05, 0) is 59.1 Å². The fraction of sp³-hybridized carbons (Fsp3) is 0.406. The molecule has 2 aromatic carbocycles. The van der Waals surface area contributed by atoms with Crippen LogP contribution >= 0.6 is 23.2 Å². The average Bonchev–Trinajstić information content (AvgIpc) is 2.87. The number of allylic oxidation sites excluding steroid dienone is 4. The number of carbonyl (C=O) groups is 3. The van der Waals surface area contributed by atoms with Crippen LogP contribution in [0.15, 0.2) is 58.9 Å². The summed E-state index contributed by atoms with van der Waals surface area (Å²) in [5.41, 5.74) is 2.48. The van der Waals surface area contributed by atoms with Crippen LogP contribution in [0, 0.1) is 20.9 Å². The molecule has 1 N–H and O–H groups in total. The van der Waals surface area contributed by atoms with Gasteiger partial charge in [-0.25, -0.2) is 0 Å². The summed E-state index contributed by atoms with van der Waals surface area (Å²) < 4.78 is 5.90. The number of benzene rings is 2. The number of hydrogen-bond donors (Lipinski definition) is 1. The molecule has 1 heterocycles. The molecule has 3 aliphatic rings. The molecule has 0 saturated carbocycles. The Morgan fingerprint density at radius 1 is 0.953 bits per heavy atom. The van der Waals surface area contributed by atoms with E-state index >= 15 is 0 Å². The number of rotatable bonds is 7. The number of ketones is 2.